The maximum absolute atomic E-state index is 12.9. The molecule has 0 aromatic carbocycles. The van der Waals surface area contributed by atoms with E-state index in [1.807, 2.05) is 0 Å². The van der Waals surface area contributed by atoms with Crippen molar-refractivity contribution in [2.75, 3.05) is 19.8 Å². The van der Waals surface area contributed by atoms with Gasteiger partial charge in [-0.3, -0.25) is 13.8 Å². The first-order chi connectivity index (χ1) is 30.3. The molecule has 9 nitrogen and oxygen atoms in total. The second kappa shape index (κ2) is 48.1. The van der Waals surface area contributed by atoms with Crippen LogP contribution in [0, 0.1) is 0 Å². The molecule has 0 heterocycles. The predicted molar refractivity (Wildman–Crippen MR) is 265 cm³/mol. The number of hydrogen-bond donors (Lipinski definition) is 5. The van der Waals surface area contributed by atoms with Gasteiger partial charge in [0.15, 0.2) is 0 Å². The normalized spacial score (nSPS) is 14.4. The van der Waals surface area contributed by atoms with E-state index in [0.717, 1.165) is 44.9 Å². The summed E-state index contributed by atoms with van der Waals surface area (Å²) in [5.74, 6) is -0.413. The summed E-state index contributed by atoms with van der Waals surface area (Å²) in [6, 6.07) is -0.897. The van der Waals surface area contributed by atoms with Crippen molar-refractivity contribution in [2.45, 2.75) is 295 Å². The number of rotatable bonds is 51. The van der Waals surface area contributed by atoms with E-state index in [2.05, 4.69) is 31.3 Å². The van der Waals surface area contributed by atoms with Crippen molar-refractivity contribution in [1.82, 2.24) is 5.32 Å². The number of phosphoric acid groups is 1. The average molecular weight is 901 g/mol. The molecular weight excluding hydrogens is 796 g/mol. The van der Waals surface area contributed by atoms with Crippen LogP contribution >= 0.6 is 7.82 Å². The summed E-state index contributed by atoms with van der Waals surface area (Å²) in [5, 5.41) is 24.3. The lowest BCUT2D eigenvalue weighted by atomic mass is 10.0. The van der Waals surface area contributed by atoms with Crippen LogP contribution in [-0.2, 0) is 18.4 Å². The van der Waals surface area contributed by atoms with Crippen molar-refractivity contribution in [1.29, 1.82) is 0 Å². The van der Waals surface area contributed by atoms with Gasteiger partial charge in [-0.25, -0.2) is 4.57 Å². The molecule has 0 aliphatic heterocycles. The highest BCUT2D eigenvalue weighted by Gasteiger charge is 2.28. The summed E-state index contributed by atoms with van der Waals surface area (Å²) in [7, 11) is -4.38. The molecule has 0 saturated carbocycles. The van der Waals surface area contributed by atoms with E-state index in [0.29, 0.717) is 12.8 Å². The number of carbonyl (C=O) groups excluding carboxylic acids is 1. The Bertz CT molecular complexity index is 1000. The zero-order valence-corrected chi connectivity index (χ0v) is 41.9. The fraction of sp³-hybridized carbons (Fsp3) is 0.942. The first-order valence-electron chi connectivity index (χ1n) is 26.9. The van der Waals surface area contributed by atoms with Crippen LogP contribution in [0.3, 0.4) is 0 Å². The lowest BCUT2D eigenvalue weighted by molar-refractivity contribution is -0.125. The minimum atomic E-state index is -4.38. The molecule has 0 rings (SSSR count). The molecule has 370 valence electrons. The number of unbranched alkanes of at least 4 members (excludes halogenated alkanes) is 35. The van der Waals surface area contributed by atoms with Crippen LogP contribution < -0.4 is 11.1 Å². The van der Waals surface area contributed by atoms with Gasteiger partial charge in [-0.05, 0) is 38.5 Å². The van der Waals surface area contributed by atoms with Crippen molar-refractivity contribution >= 4 is 13.7 Å². The maximum Gasteiger partial charge on any atom is 0.472 e. The smallest absolute Gasteiger partial charge is 0.393 e. The quantitative estimate of drug-likeness (QED) is 0.0230. The topological polar surface area (TPSA) is 151 Å². The third kappa shape index (κ3) is 45.8. The number of carbonyl (C=O) groups is 1. The Labute approximate surface area is 384 Å². The Morgan fingerprint density at radius 3 is 1.24 bits per heavy atom. The van der Waals surface area contributed by atoms with Crippen molar-refractivity contribution in [3.63, 3.8) is 0 Å². The number of phosphoric ester groups is 1. The lowest BCUT2D eigenvalue weighted by Crippen LogP contribution is -2.47. The zero-order chi connectivity index (χ0) is 45.5. The van der Waals surface area contributed by atoms with Gasteiger partial charge >= 0.3 is 7.82 Å². The highest BCUT2D eigenvalue weighted by Crippen LogP contribution is 2.43. The van der Waals surface area contributed by atoms with E-state index in [9.17, 15) is 24.5 Å². The van der Waals surface area contributed by atoms with Gasteiger partial charge in [0.25, 0.3) is 0 Å². The Hall–Kier alpha value is -0.800. The molecule has 0 aliphatic rings. The minimum absolute atomic E-state index is 0.0604. The number of allylic oxidation sites excluding steroid dienone is 2. The van der Waals surface area contributed by atoms with Gasteiger partial charge in [-0.1, -0.05) is 244 Å². The van der Waals surface area contributed by atoms with Crippen LogP contribution in [0.5, 0.6) is 0 Å². The van der Waals surface area contributed by atoms with Crippen molar-refractivity contribution in [3.8, 4) is 0 Å². The first-order valence-corrected chi connectivity index (χ1v) is 28.4. The monoisotopic (exact) mass is 901 g/mol. The van der Waals surface area contributed by atoms with Gasteiger partial charge < -0.3 is 26.2 Å². The molecule has 0 saturated heterocycles. The number of aliphatic hydroxyl groups excluding tert-OH is 2. The predicted octanol–water partition coefficient (Wildman–Crippen LogP) is 14.9. The van der Waals surface area contributed by atoms with Crippen LogP contribution in [-0.4, -0.2) is 59.0 Å². The van der Waals surface area contributed by atoms with Gasteiger partial charge in [-0.2, -0.15) is 0 Å². The summed E-state index contributed by atoms with van der Waals surface area (Å²) in [5.41, 5.74) is 5.39. The summed E-state index contributed by atoms with van der Waals surface area (Å²) in [6.45, 7) is 4.09. The summed E-state index contributed by atoms with van der Waals surface area (Å²) < 4.78 is 22.3. The van der Waals surface area contributed by atoms with Crippen LogP contribution in [0.25, 0.3) is 0 Å². The van der Waals surface area contributed by atoms with E-state index < -0.39 is 32.0 Å². The first kappa shape index (κ1) is 61.2. The molecule has 0 radical (unpaired) electrons. The van der Waals surface area contributed by atoms with Gasteiger partial charge in [0.1, 0.15) is 0 Å². The van der Waals surface area contributed by atoms with Crippen LogP contribution in [0.1, 0.15) is 277 Å². The average Bonchev–Trinajstić information content (AvgIpc) is 3.25. The third-order valence-corrected chi connectivity index (χ3v) is 13.4. The highest BCUT2D eigenvalue weighted by atomic mass is 31.2. The van der Waals surface area contributed by atoms with E-state index in [1.165, 1.54) is 199 Å². The lowest BCUT2D eigenvalue weighted by Gasteiger charge is -2.25. The van der Waals surface area contributed by atoms with Gasteiger partial charge in [0.2, 0.25) is 5.91 Å². The van der Waals surface area contributed by atoms with E-state index in [4.69, 9.17) is 14.8 Å². The molecule has 0 aromatic rings. The second-order valence-corrected chi connectivity index (χ2v) is 20.1. The van der Waals surface area contributed by atoms with E-state index in [1.54, 1.807) is 0 Å². The Balaban J connectivity index is 4.11. The van der Waals surface area contributed by atoms with Crippen molar-refractivity contribution in [3.05, 3.63) is 12.2 Å². The molecule has 4 atom stereocenters. The third-order valence-electron chi connectivity index (χ3n) is 12.4. The molecule has 0 aromatic heterocycles. The molecule has 1 amide bonds. The van der Waals surface area contributed by atoms with Gasteiger partial charge in [0, 0.05) is 6.54 Å². The molecule has 4 unspecified atom stereocenters. The van der Waals surface area contributed by atoms with E-state index >= 15 is 0 Å². The number of amides is 1. The van der Waals surface area contributed by atoms with Gasteiger partial charge in [0.05, 0.1) is 37.9 Å². The second-order valence-electron chi connectivity index (χ2n) is 18.6. The number of hydrogen-bond acceptors (Lipinski definition) is 7. The largest absolute Gasteiger partial charge is 0.472 e. The highest BCUT2D eigenvalue weighted by molar-refractivity contribution is 7.47. The van der Waals surface area contributed by atoms with Crippen molar-refractivity contribution in [2.24, 2.45) is 5.73 Å². The molecule has 10 heteroatoms. The van der Waals surface area contributed by atoms with Gasteiger partial charge in [-0.15, -0.1) is 0 Å². The summed E-state index contributed by atoms with van der Waals surface area (Å²) in [4.78, 5) is 22.9. The maximum atomic E-state index is 12.9. The molecule has 0 fully saturated rings. The molecular formula is C52H105N2O7P. The van der Waals surface area contributed by atoms with Crippen molar-refractivity contribution < 1.29 is 33.5 Å². The Morgan fingerprint density at radius 1 is 0.532 bits per heavy atom. The zero-order valence-electron chi connectivity index (χ0n) is 41.0. The Morgan fingerprint density at radius 2 is 0.871 bits per heavy atom. The number of nitrogens with two attached hydrogens (primary N) is 1. The van der Waals surface area contributed by atoms with E-state index in [-0.39, 0.29) is 26.2 Å². The number of aliphatic hydroxyl groups is 2. The standard InChI is InChI=1S/C52H105N2O7P/c1-3-5-7-9-11-13-15-17-19-21-23-24-26-28-30-32-34-36-38-40-42-44-51(56)50(48-61-62(58,59)60-46-45-53)54-52(57)47-49(55)43-41-39-37-35-33-31-29-27-25-22-20-18-16-14-12-10-8-6-4-2/h27,29,49-51,55-56H,3-26,28,30-48,53H2,1-2H3,(H,54,57)(H,58,59)/b29-27-. The molecule has 6 N–H and O–H groups in total. The molecule has 0 spiro atoms. The molecule has 0 bridgehead atoms. The molecule has 0 aliphatic carbocycles. The van der Waals surface area contributed by atoms with Crippen LogP contribution in [0.15, 0.2) is 12.2 Å². The number of nitrogens with one attached hydrogen (secondary N) is 1. The minimum Gasteiger partial charge on any atom is -0.393 e. The van der Waals surface area contributed by atoms with Crippen LogP contribution in [0.4, 0.5) is 0 Å². The summed E-state index contributed by atoms with van der Waals surface area (Å²) in [6.07, 6.45) is 52.7. The SMILES string of the molecule is CCCCCCCCCCCC/C=C\CCCCCCCC(O)CC(=O)NC(COP(=O)(O)OCCN)C(O)CCCCCCCCCCCCCCCCCCCCCCC. The fourth-order valence-corrected chi connectivity index (χ4v) is 9.11. The summed E-state index contributed by atoms with van der Waals surface area (Å²) >= 11 is 0. The fourth-order valence-electron chi connectivity index (χ4n) is 8.35. The Kier molecular flexibility index (Phi) is 47.5. The molecule has 62 heavy (non-hydrogen) atoms. The van der Waals surface area contributed by atoms with Crippen LogP contribution in [0.2, 0.25) is 0 Å².